The first kappa shape index (κ1) is 15.8. The number of fused-ring (bicyclic) bond motifs is 1. The number of nitrogens with zero attached hydrogens (tertiary/aromatic N) is 1. The molecule has 0 unspecified atom stereocenters. The second-order valence-electron chi connectivity index (χ2n) is 6.09. The SMILES string of the molecule is O=C(Nc1ccccc1)N1CC=C(c2c[nH]c3c(Cl)cccc23)CC1. The van der Waals surface area contributed by atoms with Crippen molar-refractivity contribution in [3.8, 4) is 0 Å². The summed E-state index contributed by atoms with van der Waals surface area (Å²) >= 11 is 6.24. The van der Waals surface area contributed by atoms with Gasteiger partial charge in [-0.1, -0.05) is 48.0 Å². The Bertz CT molecular complexity index is 946. The maximum Gasteiger partial charge on any atom is 0.322 e. The number of aromatic amines is 1. The van der Waals surface area contributed by atoms with Gasteiger partial charge in [0.15, 0.2) is 0 Å². The fraction of sp³-hybridized carbons (Fsp3) is 0.150. The monoisotopic (exact) mass is 351 g/mol. The molecular weight excluding hydrogens is 334 g/mol. The van der Waals surface area contributed by atoms with Crippen molar-refractivity contribution in [1.82, 2.24) is 9.88 Å². The number of benzene rings is 2. The normalized spacial score (nSPS) is 14.4. The lowest BCUT2D eigenvalue weighted by Gasteiger charge is -2.26. The lowest BCUT2D eigenvalue weighted by atomic mass is 9.99. The Labute approximate surface area is 151 Å². The summed E-state index contributed by atoms with van der Waals surface area (Å²) in [5.41, 5.74) is 4.19. The maximum absolute atomic E-state index is 12.4. The number of aromatic nitrogens is 1. The summed E-state index contributed by atoms with van der Waals surface area (Å²) in [6.45, 7) is 1.29. The van der Waals surface area contributed by atoms with Gasteiger partial charge in [0.25, 0.3) is 0 Å². The van der Waals surface area contributed by atoms with Crippen LogP contribution in [0.25, 0.3) is 16.5 Å². The number of halogens is 1. The van der Waals surface area contributed by atoms with Crippen LogP contribution in [-0.4, -0.2) is 29.0 Å². The van der Waals surface area contributed by atoms with E-state index in [0.717, 1.165) is 28.0 Å². The van der Waals surface area contributed by atoms with Gasteiger partial charge in [-0.15, -0.1) is 0 Å². The molecule has 2 aromatic carbocycles. The highest BCUT2D eigenvalue weighted by Gasteiger charge is 2.19. The van der Waals surface area contributed by atoms with E-state index in [1.165, 1.54) is 11.1 Å². The predicted molar refractivity (Wildman–Crippen MR) is 103 cm³/mol. The zero-order chi connectivity index (χ0) is 17.2. The largest absolute Gasteiger partial charge is 0.359 e. The molecule has 25 heavy (non-hydrogen) atoms. The quantitative estimate of drug-likeness (QED) is 0.659. The van der Waals surface area contributed by atoms with Crippen molar-refractivity contribution in [2.45, 2.75) is 6.42 Å². The molecule has 126 valence electrons. The fourth-order valence-electron chi connectivity index (χ4n) is 3.21. The van der Waals surface area contributed by atoms with Crippen LogP contribution >= 0.6 is 11.6 Å². The van der Waals surface area contributed by atoms with Crippen LogP contribution < -0.4 is 5.32 Å². The van der Waals surface area contributed by atoms with Gasteiger partial charge in [0.1, 0.15) is 0 Å². The van der Waals surface area contributed by atoms with Crippen molar-refractivity contribution in [1.29, 1.82) is 0 Å². The van der Waals surface area contributed by atoms with Crippen LogP contribution in [0.5, 0.6) is 0 Å². The molecule has 0 saturated carbocycles. The van der Waals surface area contributed by atoms with E-state index in [-0.39, 0.29) is 6.03 Å². The second kappa shape index (κ2) is 6.65. The first-order valence-corrected chi connectivity index (χ1v) is 8.66. The Balaban J connectivity index is 1.50. The molecule has 1 aliphatic rings. The molecule has 3 aromatic rings. The third-order valence-electron chi connectivity index (χ3n) is 4.53. The van der Waals surface area contributed by atoms with Crippen molar-refractivity contribution in [3.05, 3.63) is 71.4 Å². The second-order valence-corrected chi connectivity index (χ2v) is 6.49. The minimum Gasteiger partial charge on any atom is -0.359 e. The highest BCUT2D eigenvalue weighted by molar-refractivity contribution is 6.35. The molecule has 2 amide bonds. The molecule has 5 heteroatoms. The zero-order valence-electron chi connectivity index (χ0n) is 13.6. The number of para-hydroxylation sites is 2. The molecule has 2 N–H and O–H groups in total. The van der Waals surface area contributed by atoms with E-state index >= 15 is 0 Å². The molecule has 0 aliphatic carbocycles. The number of carbonyl (C=O) groups is 1. The van der Waals surface area contributed by atoms with Crippen LogP contribution in [-0.2, 0) is 0 Å². The van der Waals surface area contributed by atoms with Crippen LogP contribution in [0.4, 0.5) is 10.5 Å². The van der Waals surface area contributed by atoms with Gasteiger partial charge >= 0.3 is 6.03 Å². The lowest BCUT2D eigenvalue weighted by molar-refractivity contribution is 0.217. The molecule has 0 bridgehead atoms. The number of hydrogen-bond acceptors (Lipinski definition) is 1. The Kier molecular flexibility index (Phi) is 4.20. The van der Waals surface area contributed by atoms with Gasteiger partial charge in [0.2, 0.25) is 0 Å². The Morgan fingerprint density at radius 1 is 1.12 bits per heavy atom. The molecule has 0 fully saturated rings. The average Bonchev–Trinajstić information content (AvgIpc) is 3.08. The van der Waals surface area contributed by atoms with E-state index in [4.69, 9.17) is 11.6 Å². The molecule has 4 rings (SSSR count). The van der Waals surface area contributed by atoms with E-state index in [0.29, 0.717) is 13.1 Å². The summed E-state index contributed by atoms with van der Waals surface area (Å²) in [5, 5.41) is 4.78. The number of anilines is 1. The highest BCUT2D eigenvalue weighted by Crippen LogP contribution is 2.32. The first-order chi connectivity index (χ1) is 12.2. The van der Waals surface area contributed by atoms with Crippen LogP contribution in [0.1, 0.15) is 12.0 Å². The number of amides is 2. The van der Waals surface area contributed by atoms with Crippen molar-refractivity contribution in [2.75, 3.05) is 18.4 Å². The number of nitrogens with one attached hydrogen (secondary N) is 2. The van der Waals surface area contributed by atoms with Gasteiger partial charge < -0.3 is 15.2 Å². The minimum absolute atomic E-state index is 0.0662. The molecule has 0 spiro atoms. The maximum atomic E-state index is 12.4. The number of carbonyl (C=O) groups excluding carboxylic acids is 1. The highest BCUT2D eigenvalue weighted by atomic mass is 35.5. The topological polar surface area (TPSA) is 48.1 Å². The average molecular weight is 352 g/mol. The van der Waals surface area contributed by atoms with Crippen molar-refractivity contribution < 1.29 is 4.79 Å². The van der Waals surface area contributed by atoms with Crippen LogP contribution in [0, 0.1) is 0 Å². The van der Waals surface area contributed by atoms with E-state index in [9.17, 15) is 4.79 Å². The summed E-state index contributed by atoms with van der Waals surface area (Å²) < 4.78 is 0. The Morgan fingerprint density at radius 3 is 2.72 bits per heavy atom. The number of H-pyrrole nitrogens is 1. The molecule has 1 aliphatic heterocycles. The van der Waals surface area contributed by atoms with E-state index in [1.807, 2.05) is 53.6 Å². The Hall–Kier alpha value is -2.72. The standard InChI is InChI=1S/C20H18ClN3O/c21-18-8-4-7-16-17(13-22-19(16)18)14-9-11-24(12-10-14)20(25)23-15-5-2-1-3-6-15/h1-9,13,22H,10-12H2,(H,23,25). The summed E-state index contributed by atoms with van der Waals surface area (Å²) in [6.07, 6.45) is 4.95. The Morgan fingerprint density at radius 2 is 1.96 bits per heavy atom. The zero-order valence-corrected chi connectivity index (χ0v) is 14.4. The van der Waals surface area contributed by atoms with Crippen LogP contribution in [0.15, 0.2) is 60.8 Å². The minimum atomic E-state index is -0.0662. The molecule has 0 radical (unpaired) electrons. The molecular formula is C20H18ClN3O. The smallest absolute Gasteiger partial charge is 0.322 e. The van der Waals surface area contributed by atoms with E-state index < -0.39 is 0 Å². The third-order valence-corrected chi connectivity index (χ3v) is 4.85. The molecule has 0 atom stereocenters. The predicted octanol–water partition coefficient (Wildman–Crippen LogP) is 5.14. The number of urea groups is 1. The van der Waals surface area contributed by atoms with Gasteiger partial charge in [-0.25, -0.2) is 4.79 Å². The van der Waals surface area contributed by atoms with Gasteiger partial charge in [0, 0.05) is 35.9 Å². The van der Waals surface area contributed by atoms with E-state index in [1.54, 1.807) is 0 Å². The van der Waals surface area contributed by atoms with Gasteiger partial charge in [-0.2, -0.15) is 0 Å². The van der Waals surface area contributed by atoms with Crippen LogP contribution in [0.2, 0.25) is 5.02 Å². The summed E-state index contributed by atoms with van der Waals surface area (Å²) in [7, 11) is 0. The third kappa shape index (κ3) is 3.13. The fourth-order valence-corrected chi connectivity index (χ4v) is 3.43. The molecule has 0 saturated heterocycles. The van der Waals surface area contributed by atoms with Gasteiger partial charge in [-0.3, -0.25) is 0 Å². The van der Waals surface area contributed by atoms with Crippen LogP contribution in [0.3, 0.4) is 0 Å². The molecule has 2 heterocycles. The van der Waals surface area contributed by atoms with Gasteiger partial charge in [0.05, 0.1) is 10.5 Å². The van der Waals surface area contributed by atoms with Crippen molar-refractivity contribution in [2.24, 2.45) is 0 Å². The lowest BCUT2D eigenvalue weighted by Crippen LogP contribution is -2.37. The summed E-state index contributed by atoms with van der Waals surface area (Å²) in [4.78, 5) is 17.5. The molecule has 1 aromatic heterocycles. The van der Waals surface area contributed by atoms with Crippen molar-refractivity contribution in [3.63, 3.8) is 0 Å². The first-order valence-electron chi connectivity index (χ1n) is 8.28. The number of hydrogen-bond donors (Lipinski definition) is 2. The molecule has 4 nitrogen and oxygen atoms in total. The summed E-state index contributed by atoms with van der Waals surface area (Å²) in [5.74, 6) is 0. The van der Waals surface area contributed by atoms with E-state index in [2.05, 4.69) is 22.4 Å². The number of rotatable bonds is 2. The van der Waals surface area contributed by atoms with Gasteiger partial charge in [-0.05, 0) is 30.2 Å². The van der Waals surface area contributed by atoms with Crippen molar-refractivity contribution >= 4 is 39.8 Å². The summed E-state index contributed by atoms with van der Waals surface area (Å²) in [6, 6.07) is 15.4.